The third kappa shape index (κ3) is 4.42. The average Bonchev–Trinajstić information content (AvgIpc) is 2.42. The van der Waals surface area contributed by atoms with E-state index in [1.54, 1.807) is 16.4 Å². The number of nitrogens with zero attached hydrogens (tertiary/aromatic N) is 1. The standard InChI is InChI=1S/C14H21BrN2O2S.ClH/c1-11-5-6-13(15)14(8-11)20(18,19)17-7-3-4-12(10-17)9-16-2;/h5-6,8,12,16H,3-4,7,9-10H2,1-2H3;1H. The smallest absolute Gasteiger partial charge is 0.244 e. The van der Waals surface area contributed by atoms with Gasteiger partial charge in [-0.2, -0.15) is 4.31 Å². The zero-order chi connectivity index (χ0) is 14.8. The van der Waals surface area contributed by atoms with Gasteiger partial charge in [-0.15, -0.1) is 12.4 Å². The van der Waals surface area contributed by atoms with Gasteiger partial charge in [0.05, 0.1) is 4.90 Å². The van der Waals surface area contributed by atoms with Crippen LogP contribution in [0.2, 0.25) is 0 Å². The maximum atomic E-state index is 12.8. The van der Waals surface area contributed by atoms with E-state index in [0.717, 1.165) is 24.9 Å². The SMILES string of the molecule is CNCC1CCCN(S(=O)(=O)c2cc(C)ccc2Br)C1.Cl. The van der Waals surface area contributed by atoms with Gasteiger partial charge in [0.1, 0.15) is 0 Å². The fraction of sp³-hybridized carbons (Fsp3) is 0.571. The van der Waals surface area contributed by atoms with Gasteiger partial charge in [-0.1, -0.05) is 6.07 Å². The minimum atomic E-state index is -3.41. The number of benzene rings is 1. The molecule has 21 heavy (non-hydrogen) atoms. The Morgan fingerprint density at radius 1 is 1.43 bits per heavy atom. The molecule has 1 aromatic carbocycles. The van der Waals surface area contributed by atoms with Gasteiger partial charge in [0, 0.05) is 17.6 Å². The second kappa shape index (κ2) is 7.92. The summed E-state index contributed by atoms with van der Waals surface area (Å²) in [6.45, 7) is 3.99. The summed E-state index contributed by atoms with van der Waals surface area (Å²) < 4.78 is 27.8. The summed E-state index contributed by atoms with van der Waals surface area (Å²) in [5.41, 5.74) is 0.954. The lowest BCUT2D eigenvalue weighted by Crippen LogP contribution is -2.42. The molecule has 0 radical (unpaired) electrons. The van der Waals surface area contributed by atoms with Crippen LogP contribution in [0, 0.1) is 12.8 Å². The highest BCUT2D eigenvalue weighted by Crippen LogP contribution is 2.29. The number of piperidine rings is 1. The van der Waals surface area contributed by atoms with Crippen molar-refractivity contribution in [2.45, 2.75) is 24.7 Å². The van der Waals surface area contributed by atoms with Gasteiger partial charge in [-0.05, 0) is 72.9 Å². The van der Waals surface area contributed by atoms with Crippen molar-refractivity contribution in [1.82, 2.24) is 9.62 Å². The first-order chi connectivity index (χ1) is 9.45. The molecule has 0 saturated carbocycles. The normalized spacial score (nSPS) is 20.0. The molecule has 1 saturated heterocycles. The Labute approximate surface area is 141 Å². The van der Waals surface area contributed by atoms with E-state index in [1.807, 2.05) is 20.0 Å². The van der Waals surface area contributed by atoms with E-state index in [-0.39, 0.29) is 12.4 Å². The number of aryl methyl sites for hydroxylation is 1. The molecule has 1 atom stereocenters. The van der Waals surface area contributed by atoms with Crippen LogP contribution in [0.3, 0.4) is 0 Å². The van der Waals surface area contributed by atoms with Crippen LogP contribution in [0.15, 0.2) is 27.6 Å². The van der Waals surface area contributed by atoms with Crippen LogP contribution in [-0.2, 0) is 10.0 Å². The highest BCUT2D eigenvalue weighted by atomic mass is 79.9. The topological polar surface area (TPSA) is 49.4 Å². The van der Waals surface area contributed by atoms with Crippen molar-refractivity contribution in [3.63, 3.8) is 0 Å². The van der Waals surface area contributed by atoms with Crippen molar-refractivity contribution in [2.75, 3.05) is 26.7 Å². The van der Waals surface area contributed by atoms with Crippen molar-refractivity contribution < 1.29 is 8.42 Å². The highest BCUT2D eigenvalue weighted by molar-refractivity contribution is 9.10. The molecule has 1 N–H and O–H groups in total. The molecule has 1 aliphatic rings. The van der Waals surface area contributed by atoms with Crippen molar-refractivity contribution in [1.29, 1.82) is 0 Å². The van der Waals surface area contributed by atoms with Gasteiger partial charge in [0.15, 0.2) is 0 Å². The first-order valence-corrected chi connectivity index (χ1v) is 9.09. The Bertz CT molecular complexity index is 578. The van der Waals surface area contributed by atoms with Crippen LogP contribution in [0.1, 0.15) is 18.4 Å². The van der Waals surface area contributed by atoms with Crippen LogP contribution in [-0.4, -0.2) is 39.4 Å². The van der Waals surface area contributed by atoms with Crippen molar-refractivity contribution in [3.8, 4) is 0 Å². The van der Waals surface area contributed by atoms with Crippen molar-refractivity contribution in [3.05, 3.63) is 28.2 Å². The Balaban J connectivity index is 0.00000220. The third-order valence-corrected chi connectivity index (χ3v) is 6.54. The van der Waals surface area contributed by atoms with E-state index in [4.69, 9.17) is 0 Å². The summed E-state index contributed by atoms with van der Waals surface area (Å²) in [5.74, 6) is 0.395. The highest BCUT2D eigenvalue weighted by Gasteiger charge is 2.31. The summed E-state index contributed by atoms with van der Waals surface area (Å²) in [6, 6.07) is 5.45. The second-order valence-electron chi connectivity index (χ2n) is 5.36. The minimum absolute atomic E-state index is 0. The van der Waals surface area contributed by atoms with Crippen LogP contribution in [0.5, 0.6) is 0 Å². The number of sulfonamides is 1. The van der Waals surface area contributed by atoms with E-state index >= 15 is 0 Å². The zero-order valence-corrected chi connectivity index (χ0v) is 15.5. The largest absolute Gasteiger partial charge is 0.319 e. The van der Waals surface area contributed by atoms with Crippen molar-refractivity contribution in [2.24, 2.45) is 5.92 Å². The maximum absolute atomic E-state index is 12.8. The van der Waals surface area contributed by atoms with Gasteiger partial charge in [0.25, 0.3) is 0 Å². The number of rotatable bonds is 4. The lowest BCUT2D eigenvalue weighted by Gasteiger charge is -2.32. The zero-order valence-electron chi connectivity index (χ0n) is 12.3. The van der Waals surface area contributed by atoms with E-state index in [1.165, 1.54) is 0 Å². The molecule has 120 valence electrons. The fourth-order valence-corrected chi connectivity index (χ4v) is 5.21. The minimum Gasteiger partial charge on any atom is -0.319 e. The van der Waals surface area contributed by atoms with Crippen LogP contribution >= 0.6 is 28.3 Å². The Morgan fingerprint density at radius 3 is 2.81 bits per heavy atom. The number of nitrogens with one attached hydrogen (secondary N) is 1. The summed E-state index contributed by atoms with van der Waals surface area (Å²) in [5, 5.41) is 3.14. The first-order valence-electron chi connectivity index (χ1n) is 6.86. The fourth-order valence-electron chi connectivity index (χ4n) is 2.65. The predicted octanol–water partition coefficient (Wildman–Crippen LogP) is 2.80. The molecule has 0 amide bonds. The molecular formula is C14H22BrClN2O2S. The molecule has 0 spiro atoms. The molecular weight excluding hydrogens is 376 g/mol. The van der Waals surface area contributed by atoms with Gasteiger partial charge in [-0.3, -0.25) is 0 Å². The van der Waals surface area contributed by atoms with Gasteiger partial charge in [-0.25, -0.2) is 8.42 Å². The molecule has 0 aliphatic carbocycles. The molecule has 7 heteroatoms. The molecule has 2 rings (SSSR count). The number of hydrogen-bond acceptors (Lipinski definition) is 3. The summed E-state index contributed by atoms with van der Waals surface area (Å²) in [4.78, 5) is 0.377. The molecule has 0 bridgehead atoms. The monoisotopic (exact) mass is 396 g/mol. The second-order valence-corrected chi connectivity index (χ2v) is 8.12. The molecule has 1 heterocycles. The maximum Gasteiger partial charge on any atom is 0.244 e. The first kappa shape index (κ1) is 18.9. The van der Waals surface area contributed by atoms with Crippen LogP contribution in [0.4, 0.5) is 0 Å². The molecule has 1 aromatic rings. The molecule has 1 aliphatic heterocycles. The number of hydrogen-bond donors (Lipinski definition) is 1. The van der Waals surface area contributed by atoms with E-state index < -0.39 is 10.0 Å². The Hall–Kier alpha value is -0.140. The average molecular weight is 398 g/mol. The lowest BCUT2D eigenvalue weighted by atomic mass is 10.00. The quantitative estimate of drug-likeness (QED) is 0.850. The van der Waals surface area contributed by atoms with Gasteiger partial charge < -0.3 is 5.32 Å². The Kier molecular flexibility index (Phi) is 7.13. The van der Waals surface area contributed by atoms with E-state index in [0.29, 0.717) is 28.4 Å². The van der Waals surface area contributed by atoms with E-state index in [9.17, 15) is 8.42 Å². The van der Waals surface area contributed by atoms with Gasteiger partial charge >= 0.3 is 0 Å². The molecule has 1 unspecified atom stereocenters. The Morgan fingerprint density at radius 2 is 2.14 bits per heavy atom. The van der Waals surface area contributed by atoms with Crippen molar-refractivity contribution >= 4 is 38.4 Å². The lowest BCUT2D eigenvalue weighted by molar-refractivity contribution is 0.263. The molecule has 4 nitrogen and oxygen atoms in total. The predicted molar refractivity (Wildman–Crippen MR) is 91.5 cm³/mol. The summed E-state index contributed by atoms with van der Waals surface area (Å²) in [7, 11) is -1.50. The summed E-state index contributed by atoms with van der Waals surface area (Å²) >= 11 is 3.36. The number of halogens is 2. The van der Waals surface area contributed by atoms with Crippen LogP contribution < -0.4 is 5.32 Å². The summed E-state index contributed by atoms with van der Waals surface area (Å²) in [6.07, 6.45) is 2.01. The third-order valence-electron chi connectivity index (χ3n) is 3.68. The van der Waals surface area contributed by atoms with Crippen LogP contribution in [0.25, 0.3) is 0 Å². The van der Waals surface area contributed by atoms with Gasteiger partial charge in [0.2, 0.25) is 10.0 Å². The van der Waals surface area contributed by atoms with E-state index in [2.05, 4.69) is 21.2 Å². The molecule has 1 fully saturated rings. The molecule has 0 aromatic heterocycles.